The van der Waals surface area contributed by atoms with Crippen LogP contribution in [0.25, 0.3) is 22.0 Å². The summed E-state index contributed by atoms with van der Waals surface area (Å²) in [5, 5.41) is 13.0. The van der Waals surface area contributed by atoms with E-state index in [-0.39, 0.29) is 18.7 Å². The number of aryl methyl sites for hydroxylation is 1. The second-order valence-corrected chi connectivity index (χ2v) is 15.1. The summed E-state index contributed by atoms with van der Waals surface area (Å²) in [5.41, 5.74) is 12.7. The molecule has 0 radical (unpaired) electrons. The Morgan fingerprint density at radius 2 is 1.61 bits per heavy atom. The molecule has 4 amide bonds. The molecule has 0 saturated carbocycles. The average Bonchev–Trinajstić information content (AvgIpc) is 3.67. The number of fused-ring (bicyclic) bond motifs is 2. The highest BCUT2D eigenvalue weighted by atomic mass is 16.2. The minimum Gasteiger partial charge on any atom is -0.369 e. The van der Waals surface area contributed by atoms with Gasteiger partial charge in [-0.05, 0) is 105 Å². The van der Waals surface area contributed by atoms with E-state index < -0.39 is 23.8 Å². The maximum Gasteiger partial charge on any atom is 0.262 e. The zero-order valence-electron chi connectivity index (χ0n) is 30.5. The van der Waals surface area contributed by atoms with Crippen LogP contribution in [0, 0.1) is 17.2 Å². The van der Waals surface area contributed by atoms with Gasteiger partial charge in [-0.1, -0.05) is 18.2 Å². The lowest BCUT2D eigenvalue weighted by atomic mass is 9.95. The number of rotatable bonds is 10. The Morgan fingerprint density at radius 3 is 2.37 bits per heavy atom. The van der Waals surface area contributed by atoms with Crippen molar-refractivity contribution in [3.8, 4) is 17.2 Å². The largest absolute Gasteiger partial charge is 0.369 e. The van der Waals surface area contributed by atoms with E-state index in [1.807, 2.05) is 24.3 Å². The molecular formula is C42H46N8O4. The molecule has 8 rings (SSSR count). The summed E-state index contributed by atoms with van der Waals surface area (Å²) in [6.07, 6.45) is 5.68. The number of nitrogens with zero attached hydrogens (tertiary/aromatic N) is 6. The van der Waals surface area contributed by atoms with Gasteiger partial charge in [0.25, 0.3) is 11.8 Å². The van der Waals surface area contributed by atoms with E-state index in [0.29, 0.717) is 29.2 Å². The van der Waals surface area contributed by atoms with Crippen LogP contribution < -0.4 is 16.0 Å². The van der Waals surface area contributed by atoms with E-state index in [2.05, 4.69) is 61.1 Å². The molecule has 278 valence electrons. The smallest absolute Gasteiger partial charge is 0.262 e. The summed E-state index contributed by atoms with van der Waals surface area (Å²) in [4.78, 5) is 58.9. The maximum atomic E-state index is 13.3. The fourth-order valence-electron chi connectivity index (χ4n) is 8.67. The summed E-state index contributed by atoms with van der Waals surface area (Å²) in [5.74, 6) is -1.28. The van der Waals surface area contributed by atoms with Crippen LogP contribution in [-0.4, -0.2) is 101 Å². The van der Waals surface area contributed by atoms with Gasteiger partial charge >= 0.3 is 0 Å². The predicted octanol–water partition coefficient (Wildman–Crippen LogP) is 3.96. The van der Waals surface area contributed by atoms with Gasteiger partial charge in [0.2, 0.25) is 11.8 Å². The maximum absolute atomic E-state index is 13.3. The van der Waals surface area contributed by atoms with Crippen LogP contribution in [-0.2, 0) is 22.7 Å². The Kier molecular flexibility index (Phi) is 10.0. The van der Waals surface area contributed by atoms with Crippen LogP contribution in [0.3, 0.4) is 0 Å². The first-order valence-corrected chi connectivity index (χ1v) is 19.2. The van der Waals surface area contributed by atoms with Gasteiger partial charge < -0.3 is 15.2 Å². The first kappa shape index (κ1) is 35.7. The molecular weight excluding hydrogens is 681 g/mol. The quantitative estimate of drug-likeness (QED) is 0.232. The molecule has 12 heteroatoms. The van der Waals surface area contributed by atoms with Crippen molar-refractivity contribution in [2.45, 2.75) is 51.2 Å². The first-order valence-electron chi connectivity index (χ1n) is 19.2. The highest BCUT2D eigenvalue weighted by Gasteiger charge is 2.44. The molecule has 0 aliphatic carbocycles. The standard InChI is InChI=1S/C42H46N8O4/c43-13-2-14-49-27-36(31-4-1-3-29(21-31)24-44)34-22-30(5-8-37(34)49)26-46-15-11-28(12-16-46)25-47-17-19-48(20-18-47)32-6-7-33-35(23-32)42(54)50(41(33)53)38-9-10-39(51)45-40(38)52/h1,3-8,21-23,27-28,38H,2,9-20,25-26,43H2,(H,45,51,52). The molecule has 3 N–H and O–H groups in total. The van der Waals surface area contributed by atoms with E-state index in [0.717, 1.165) is 99.9 Å². The third kappa shape index (κ3) is 7.02. The number of hydrogen-bond acceptors (Lipinski definition) is 9. The van der Waals surface area contributed by atoms with E-state index in [1.54, 1.807) is 12.1 Å². The topological polar surface area (TPSA) is 148 Å². The SMILES string of the molecule is N#Cc1cccc(-c2cn(CCCN)c3ccc(CN4CCC(CN5CCN(c6ccc7c(c6)C(=O)N(C6CCC(=O)NC6=O)C7=O)CC5)CC4)cc23)c1. The molecule has 1 atom stereocenters. The number of benzene rings is 3. The molecule has 54 heavy (non-hydrogen) atoms. The van der Waals surface area contributed by atoms with Crippen molar-refractivity contribution in [2.24, 2.45) is 11.7 Å². The second kappa shape index (κ2) is 15.2. The van der Waals surface area contributed by atoms with Gasteiger partial charge in [-0.25, -0.2) is 0 Å². The number of anilines is 1. The number of nitrogens with one attached hydrogen (secondary N) is 1. The zero-order chi connectivity index (χ0) is 37.3. The van der Waals surface area contributed by atoms with Crippen molar-refractivity contribution in [3.05, 3.63) is 89.1 Å². The summed E-state index contributed by atoms with van der Waals surface area (Å²) >= 11 is 0. The number of hydrogen-bond donors (Lipinski definition) is 2. The number of likely N-dealkylation sites (tertiary alicyclic amines) is 1. The lowest BCUT2D eigenvalue weighted by molar-refractivity contribution is -0.136. The molecule has 4 aliphatic rings. The van der Waals surface area contributed by atoms with Crippen LogP contribution in [0.5, 0.6) is 0 Å². The number of nitrogens with two attached hydrogens (primary N) is 1. The van der Waals surface area contributed by atoms with Crippen LogP contribution in [0.15, 0.2) is 66.9 Å². The molecule has 0 spiro atoms. The molecule has 5 heterocycles. The van der Waals surface area contributed by atoms with Crippen molar-refractivity contribution >= 4 is 40.2 Å². The molecule has 1 unspecified atom stereocenters. The Morgan fingerprint density at radius 1 is 0.815 bits per heavy atom. The van der Waals surface area contributed by atoms with Crippen LogP contribution >= 0.6 is 0 Å². The lowest BCUT2D eigenvalue weighted by Crippen LogP contribution is -2.54. The van der Waals surface area contributed by atoms with Gasteiger partial charge in [0, 0.05) is 80.6 Å². The summed E-state index contributed by atoms with van der Waals surface area (Å²) in [7, 11) is 0. The van der Waals surface area contributed by atoms with E-state index >= 15 is 0 Å². The number of piperidine rings is 2. The monoisotopic (exact) mass is 726 g/mol. The Labute approximate surface area is 315 Å². The molecule has 1 aromatic heterocycles. The normalized spacial score (nSPS) is 20.1. The summed E-state index contributed by atoms with van der Waals surface area (Å²) in [6, 6.07) is 21.4. The van der Waals surface area contributed by atoms with Crippen molar-refractivity contribution in [3.63, 3.8) is 0 Å². The Hall–Kier alpha value is -5.35. The minimum atomic E-state index is -0.961. The number of nitriles is 1. The minimum absolute atomic E-state index is 0.101. The van der Waals surface area contributed by atoms with Gasteiger partial charge in [-0.2, -0.15) is 5.26 Å². The number of amides is 4. The van der Waals surface area contributed by atoms with Gasteiger partial charge in [0.15, 0.2) is 0 Å². The highest BCUT2D eigenvalue weighted by Crippen LogP contribution is 2.34. The number of carbonyl (C=O) groups is 4. The molecule has 3 fully saturated rings. The fraction of sp³-hybridized carbons (Fsp3) is 0.405. The van der Waals surface area contributed by atoms with Gasteiger partial charge in [-0.3, -0.25) is 39.2 Å². The molecule has 4 aliphatic heterocycles. The van der Waals surface area contributed by atoms with Gasteiger partial charge in [0.05, 0.1) is 22.8 Å². The molecule has 3 saturated heterocycles. The molecule has 4 aromatic rings. The van der Waals surface area contributed by atoms with E-state index in [9.17, 15) is 24.4 Å². The first-order chi connectivity index (χ1) is 26.3. The molecule has 12 nitrogen and oxygen atoms in total. The van der Waals surface area contributed by atoms with Gasteiger partial charge in [0.1, 0.15) is 6.04 Å². The number of carbonyl (C=O) groups excluding carboxylic acids is 4. The summed E-state index contributed by atoms with van der Waals surface area (Å²) < 4.78 is 2.29. The van der Waals surface area contributed by atoms with E-state index in [1.165, 1.54) is 16.5 Å². The zero-order valence-corrected chi connectivity index (χ0v) is 30.5. The van der Waals surface area contributed by atoms with Crippen LogP contribution in [0.2, 0.25) is 0 Å². The van der Waals surface area contributed by atoms with Crippen molar-refractivity contribution < 1.29 is 19.2 Å². The highest BCUT2D eigenvalue weighted by molar-refractivity contribution is 6.23. The second-order valence-electron chi connectivity index (χ2n) is 15.1. The third-order valence-electron chi connectivity index (χ3n) is 11.6. The van der Waals surface area contributed by atoms with Gasteiger partial charge in [-0.15, -0.1) is 0 Å². The lowest BCUT2D eigenvalue weighted by Gasteiger charge is -2.39. The van der Waals surface area contributed by atoms with Crippen molar-refractivity contribution in [2.75, 3.05) is 57.3 Å². The summed E-state index contributed by atoms with van der Waals surface area (Å²) in [6.45, 7) is 9.13. The average molecular weight is 727 g/mol. The fourth-order valence-corrected chi connectivity index (χ4v) is 8.67. The number of piperazine rings is 1. The Balaban J connectivity index is 0.847. The predicted molar refractivity (Wildman–Crippen MR) is 206 cm³/mol. The number of aromatic nitrogens is 1. The molecule has 0 bridgehead atoms. The number of imide groups is 2. The third-order valence-corrected chi connectivity index (χ3v) is 11.6. The molecule has 3 aromatic carbocycles. The van der Waals surface area contributed by atoms with Crippen molar-refractivity contribution in [1.29, 1.82) is 5.26 Å². The van der Waals surface area contributed by atoms with Crippen molar-refractivity contribution in [1.82, 2.24) is 24.6 Å². The van der Waals surface area contributed by atoms with Crippen LogP contribution in [0.1, 0.15) is 63.9 Å². The Bertz CT molecular complexity index is 2150. The van der Waals surface area contributed by atoms with Crippen LogP contribution in [0.4, 0.5) is 5.69 Å². The van der Waals surface area contributed by atoms with E-state index in [4.69, 9.17) is 5.73 Å².